The monoisotopic (exact) mass is 1860 g/mol. The molecule has 6 aromatic rings. The number of benzene rings is 3. The summed E-state index contributed by atoms with van der Waals surface area (Å²) in [5.74, 6) is -17.4. The number of nitrogens with zero attached hydrogens (tertiary/aromatic N) is 5. The number of aliphatic hydroxyl groups excluding tert-OH is 1. The Bertz CT molecular complexity index is 5100. The summed E-state index contributed by atoms with van der Waals surface area (Å²) in [5.41, 5.74) is 18.1. The van der Waals surface area contributed by atoms with Crippen LogP contribution in [0, 0.1) is 11.3 Å². The standard InChI is InChI=1S/C90H128N24O18S/c1-11-13-31-69-82(126)102-60(30-22-34-96-89(93)94)77(121)108-68(76(120)99-45-73(92)117)47-133-48-74(118)101-64(37-52-24-16-15-17-25-52)84(128)111(8)51(5)75(119)105-66(41-72(91)116)86(130)114-35-23-33-70(114)83(127)104-63(40-55-44-95-49-100-55)79(123)103-61(36-50(3)4)81(125)110-90(6,7)88(132)109-62(38-53-42-97-58-28-20-18-26-56(53)58)78(122)107-67(46-115)80(124)106-65(39-54-43-98-59-29-21-19-27-57(54)59)85(129)113(10)71(32-14-12-2)87(131)112(69)9/h15-21,24-29,42-44,49-51,60-71,97-98,115H,11-14,22-23,30-41,45-48H2,1-10H3,(H2,91,116)(H2,92,117)(H,95,100)(H,99,120)(H,101,118)(H,102,126)(H,103,123)(H,104,127)(H,105,119)(H,106,124)(H,107,122)(H,108,121)(H,109,132)(H,110,125)(H4,93,94,96)/t51-,60-,61-,62-,63-,64-,65-,66-,67-,68-,69-,70-,71-/m0/s1. The Morgan fingerprint density at radius 3 is 1.69 bits per heavy atom. The predicted octanol–water partition coefficient (Wildman–Crippen LogP) is -1.70. The molecule has 0 aliphatic carbocycles. The van der Waals surface area contributed by atoms with Crippen LogP contribution in [0.1, 0.15) is 148 Å². The number of aliphatic hydroxyl groups is 1. The molecule has 5 heterocycles. The van der Waals surface area contributed by atoms with Crippen LogP contribution in [0.3, 0.4) is 0 Å². The Hall–Kier alpha value is -13.5. The summed E-state index contributed by atoms with van der Waals surface area (Å²) < 4.78 is 0. The van der Waals surface area contributed by atoms with E-state index in [0.29, 0.717) is 69.9 Å². The van der Waals surface area contributed by atoms with E-state index in [2.05, 4.69) is 83.7 Å². The van der Waals surface area contributed by atoms with E-state index in [1.54, 1.807) is 105 Å². The molecule has 3 aromatic heterocycles. The van der Waals surface area contributed by atoms with Gasteiger partial charge in [0.15, 0.2) is 5.96 Å². The van der Waals surface area contributed by atoms with Gasteiger partial charge in [0.1, 0.15) is 84.1 Å². The van der Waals surface area contributed by atoms with Gasteiger partial charge in [-0.25, -0.2) is 4.98 Å². The van der Waals surface area contributed by atoms with E-state index in [1.807, 2.05) is 13.8 Å². The molecule has 43 heteroatoms. The largest absolute Gasteiger partial charge is 0.394 e. The number of aromatic amines is 3. The maximum absolute atomic E-state index is 15.7. The summed E-state index contributed by atoms with van der Waals surface area (Å²) in [5, 5.41) is 52.2. The highest BCUT2D eigenvalue weighted by molar-refractivity contribution is 8.00. The van der Waals surface area contributed by atoms with E-state index in [0.717, 1.165) is 31.4 Å². The van der Waals surface area contributed by atoms with E-state index >= 15 is 28.8 Å². The number of nitrogens with one attached hydrogen (secondary N) is 16. The minimum absolute atomic E-state index is 0.00000350. The van der Waals surface area contributed by atoms with E-state index in [-0.39, 0.29) is 89.6 Å². The van der Waals surface area contributed by atoms with Crippen molar-refractivity contribution in [3.05, 3.63) is 126 Å². The number of hydrogen-bond donors (Lipinski definition) is 20. The zero-order valence-corrected chi connectivity index (χ0v) is 77.5. The van der Waals surface area contributed by atoms with Crippen LogP contribution in [0.4, 0.5) is 0 Å². The van der Waals surface area contributed by atoms with Gasteiger partial charge >= 0.3 is 0 Å². The number of primary amides is 2. The fourth-order valence-corrected chi connectivity index (χ4v) is 16.7. The molecule has 133 heavy (non-hydrogen) atoms. The number of carbonyl (C=O) groups is 17. The Balaban J connectivity index is 1.19. The highest BCUT2D eigenvalue weighted by Crippen LogP contribution is 2.26. The molecule has 2 aliphatic heterocycles. The van der Waals surface area contributed by atoms with Gasteiger partial charge in [0.05, 0.1) is 31.7 Å². The molecule has 42 nitrogen and oxygen atoms in total. The lowest BCUT2D eigenvalue weighted by Gasteiger charge is -2.36. The van der Waals surface area contributed by atoms with Gasteiger partial charge in [-0.1, -0.05) is 120 Å². The van der Waals surface area contributed by atoms with Crippen molar-refractivity contribution in [1.29, 1.82) is 5.41 Å². The van der Waals surface area contributed by atoms with Crippen LogP contribution in [0.5, 0.6) is 0 Å². The van der Waals surface area contributed by atoms with Gasteiger partial charge in [0.2, 0.25) is 100 Å². The number of amides is 17. The van der Waals surface area contributed by atoms with Gasteiger partial charge in [-0.05, 0) is 100 Å². The van der Waals surface area contributed by atoms with Crippen LogP contribution < -0.4 is 81.0 Å². The lowest BCUT2D eigenvalue weighted by atomic mass is 9.97. The third-order valence-electron chi connectivity index (χ3n) is 23.4. The third kappa shape index (κ3) is 30.3. The lowest BCUT2D eigenvalue weighted by molar-refractivity contribution is -0.149. The van der Waals surface area contributed by atoms with Crippen molar-refractivity contribution in [3.8, 4) is 0 Å². The number of thioether (sulfide) groups is 1. The molecule has 13 atom stereocenters. The molecular formula is C90H128N24O18S. The second-order valence-electron chi connectivity index (χ2n) is 34.5. The molecule has 0 spiro atoms. The summed E-state index contributed by atoms with van der Waals surface area (Å²) >= 11 is 0.794. The van der Waals surface area contributed by atoms with Crippen LogP contribution in [0.15, 0.2) is 104 Å². The summed E-state index contributed by atoms with van der Waals surface area (Å²) in [6.45, 7) is 9.30. The van der Waals surface area contributed by atoms with Gasteiger partial charge in [-0.3, -0.25) is 86.9 Å². The number of fused-ring (bicyclic) bond motifs is 3. The summed E-state index contributed by atoms with van der Waals surface area (Å²) in [4.78, 5) is 267. The smallest absolute Gasteiger partial charge is 0.246 e. The normalized spacial score (nSPS) is 23.7. The predicted molar refractivity (Wildman–Crippen MR) is 494 cm³/mol. The van der Waals surface area contributed by atoms with Gasteiger partial charge in [-0.2, -0.15) is 0 Å². The quantitative estimate of drug-likeness (QED) is 0.0163. The SMILES string of the molecule is CCCC[C@H]1C(=O)N(C)[C@@H](CCCC)C(=O)N[C@@H](CCCNC(=N)N)C(=O)N[C@H](C(=O)NCC(N)=O)CSCC(=O)N[C@@H](Cc2ccccc2)C(=O)N(C)[C@@H](C)C(=O)N[C@@H](CC(N)=O)C(=O)N2CCC[C@H]2C(=O)N[C@@H](Cc2cnc[nH]2)C(=O)N[C@@H](CC(C)C)C(=O)NC(C)(C)C(=O)N[C@@H](Cc2c[nH]c3ccccc23)C(=O)N[C@@H](CO)C(=O)N[C@@H](Cc2c[nH]c3ccccc23)C(=O)N1C. The van der Waals surface area contributed by atoms with Crippen molar-refractivity contribution in [1.82, 2.24) is 103 Å². The van der Waals surface area contributed by atoms with E-state index in [4.69, 9.17) is 22.6 Å². The number of para-hydroxylation sites is 2. The molecule has 722 valence electrons. The molecule has 2 aliphatic rings. The Morgan fingerprint density at radius 2 is 1.10 bits per heavy atom. The van der Waals surface area contributed by atoms with E-state index < -0.39 is 222 Å². The van der Waals surface area contributed by atoms with Gasteiger partial charge < -0.3 is 121 Å². The molecule has 17 amide bonds. The maximum Gasteiger partial charge on any atom is 0.246 e. The molecule has 2 saturated heterocycles. The molecule has 23 N–H and O–H groups in total. The lowest BCUT2D eigenvalue weighted by Crippen LogP contribution is -2.64. The number of imidazole rings is 1. The highest BCUT2D eigenvalue weighted by atomic mass is 32.2. The number of likely N-dealkylation sites (N-methyl/N-ethyl adjacent to an activating group) is 3. The zero-order chi connectivity index (χ0) is 97.5. The summed E-state index contributed by atoms with van der Waals surface area (Å²) in [6.07, 6.45) is 5.90. The number of hydrogen-bond acceptors (Lipinski definition) is 21. The number of rotatable bonds is 26. The summed E-state index contributed by atoms with van der Waals surface area (Å²) in [7, 11) is 3.96. The molecular weight excluding hydrogens is 1740 g/mol. The van der Waals surface area contributed by atoms with E-state index in [9.17, 15) is 57.8 Å². The number of H-pyrrole nitrogens is 3. The molecule has 8 rings (SSSR count). The first-order chi connectivity index (χ1) is 63.2. The second kappa shape index (κ2) is 50.2. The van der Waals surface area contributed by atoms with Crippen LogP contribution in [-0.2, 0) is 107 Å². The third-order valence-corrected chi connectivity index (χ3v) is 24.4. The fourth-order valence-electron chi connectivity index (χ4n) is 15.8. The van der Waals surface area contributed by atoms with Crippen molar-refractivity contribution in [3.63, 3.8) is 0 Å². The molecule has 3 aromatic carbocycles. The zero-order valence-electron chi connectivity index (χ0n) is 76.7. The first-order valence-corrected chi connectivity index (χ1v) is 45.8. The number of guanidine groups is 1. The minimum atomic E-state index is -1.95. The maximum atomic E-state index is 15.7. The minimum Gasteiger partial charge on any atom is -0.394 e. The average Bonchev–Trinajstić information content (AvgIpc) is 1.73. The van der Waals surface area contributed by atoms with Crippen molar-refractivity contribution < 1.29 is 86.6 Å². The Labute approximate surface area is 775 Å². The van der Waals surface area contributed by atoms with E-state index in [1.165, 1.54) is 54.4 Å². The molecule has 0 radical (unpaired) electrons. The molecule has 0 saturated carbocycles. The Morgan fingerprint density at radius 1 is 0.556 bits per heavy atom. The molecule has 2 fully saturated rings. The van der Waals surface area contributed by atoms with Crippen molar-refractivity contribution in [2.75, 3.05) is 58.9 Å². The van der Waals surface area contributed by atoms with Crippen molar-refractivity contribution in [2.45, 2.75) is 235 Å². The second-order valence-corrected chi connectivity index (χ2v) is 35.5. The number of nitrogens with two attached hydrogens (primary N) is 3. The topological polar surface area (TPSA) is 630 Å². The van der Waals surface area contributed by atoms with Crippen LogP contribution in [-0.4, -0.2) is 294 Å². The first kappa shape index (κ1) is 105. The van der Waals surface area contributed by atoms with Gasteiger partial charge in [-0.15, -0.1) is 11.8 Å². The number of carbonyl (C=O) groups excluding carboxylic acids is 17. The highest BCUT2D eigenvalue weighted by Gasteiger charge is 2.45. The molecule has 0 unspecified atom stereocenters. The Kier molecular flexibility index (Phi) is 39.6. The van der Waals surface area contributed by atoms with Crippen molar-refractivity contribution in [2.24, 2.45) is 23.1 Å². The van der Waals surface area contributed by atoms with Gasteiger partial charge in [0, 0.05) is 112 Å². The van der Waals surface area contributed by atoms with Crippen LogP contribution in [0.2, 0.25) is 0 Å². The van der Waals surface area contributed by atoms with Crippen LogP contribution >= 0.6 is 11.8 Å². The summed E-state index contributed by atoms with van der Waals surface area (Å²) in [6, 6.07) is 2.73. The fraction of sp³-hybridized carbons (Fsp3) is 0.522. The van der Waals surface area contributed by atoms with Crippen molar-refractivity contribution >= 4 is 140 Å². The number of aromatic nitrogens is 4. The number of unbranched alkanes of at least 4 members (excludes halogenated alkanes) is 2. The van der Waals surface area contributed by atoms with Crippen LogP contribution in [0.25, 0.3) is 21.8 Å². The first-order valence-electron chi connectivity index (χ1n) is 44.6. The molecule has 0 bridgehead atoms. The average molecular weight is 1870 g/mol. The van der Waals surface area contributed by atoms with Gasteiger partial charge in [0.25, 0.3) is 0 Å².